The number of hydrogen-bond acceptors (Lipinski definition) is 5. The van der Waals surface area contributed by atoms with Gasteiger partial charge in [-0.2, -0.15) is 5.26 Å². The van der Waals surface area contributed by atoms with E-state index >= 15 is 0 Å². The number of para-hydroxylation sites is 2. The predicted octanol–water partition coefficient (Wildman–Crippen LogP) is 3.72. The van der Waals surface area contributed by atoms with E-state index in [9.17, 15) is 4.79 Å². The van der Waals surface area contributed by atoms with E-state index in [-0.39, 0.29) is 11.9 Å². The van der Waals surface area contributed by atoms with Gasteiger partial charge in [-0.15, -0.1) is 0 Å². The fraction of sp³-hybridized carbons (Fsp3) is 0.400. The minimum absolute atomic E-state index is 0.0429. The fourth-order valence-corrected chi connectivity index (χ4v) is 4.26. The molecule has 1 fully saturated rings. The van der Waals surface area contributed by atoms with Crippen molar-refractivity contribution in [2.24, 2.45) is 0 Å². The van der Waals surface area contributed by atoms with Crippen molar-refractivity contribution in [2.45, 2.75) is 32.7 Å². The monoisotopic (exact) mass is 430 g/mol. The van der Waals surface area contributed by atoms with Crippen LogP contribution in [0, 0.1) is 18.3 Å². The zero-order chi connectivity index (χ0) is 22.5. The lowest BCUT2D eigenvalue weighted by molar-refractivity contribution is -0.123. The number of aryl methyl sites for hydroxylation is 1. The number of aromatic nitrogens is 2. The van der Waals surface area contributed by atoms with Crippen LogP contribution in [0.4, 0.5) is 11.6 Å². The van der Waals surface area contributed by atoms with Gasteiger partial charge in [-0.05, 0) is 44.5 Å². The summed E-state index contributed by atoms with van der Waals surface area (Å²) in [7, 11) is 0. The van der Waals surface area contributed by atoms with Crippen molar-refractivity contribution in [1.82, 2.24) is 14.9 Å². The number of carbonyl (C=O) groups is 1. The van der Waals surface area contributed by atoms with Gasteiger partial charge in [-0.1, -0.05) is 29.8 Å². The van der Waals surface area contributed by atoms with Crippen LogP contribution in [-0.4, -0.2) is 59.5 Å². The van der Waals surface area contributed by atoms with E-state index in [4.69, 9.17) is 10.2 Å². The number of imidazole rings is 1. The first-order valence-corrected chi connectivity index (χ1v) is 11.3. The summed E-state index contributed by atoms with van der Waals surface area (Å²) in [5.74, 6) is 0.934. The molecule has 32 heavy (non-hydrogen) atoms. The third-order valence-electron chi connectivity index (χ3n) is 6.17. The number of nitrogens with zero attached hydrogens (tertiary/aromatic N) is 5. The molecule has 2 heterocycles. The molecule has 0 spiro atoms. The van der Waals surface area contributed by atoms with Crippen LogP contribution in [0.1, 0.15) is 25.3 Å². The van der Waals surface area contributed by atoms with Gasteiger partial charge >= 0.3 is 0 Å². The van der Waals surface area contributed by atoms with Crippen LogP contribution in [0.3, 0.4) is 0 Å². The number of amides is 1. The van der Waals surface area contributed by atoms with Gasteiger partial charge in [-0.25, -0.2) is 4.98 Å². The first kappa shape index (κ1) is 21.8. The lowest BCUT2D eigenvalue weighted by atomic mass is 10.1. The summed E-state index contributed by atoms with van der Waals surface area (Å²) in [5, 5.41) is 9.09. The van der Waals surface area contributed by atoms with Gasteiger partial charge in [0.1, 0.15) is 0 Å². The average molecular weight is 431 g/mol. The molecule has 1 aliphatic heterocycles. The van der Waals surface area contributed by atoms with Gasteiger partial charge in [0.15, 0.2) is 0 Å². The van der Waals surface area contributed by atoms with Gasteiger partial charge in [0.2, 0.25) is 11.9 Å². The Morgan fingerprint density at radius 1 is 1.16 bits per heavy atom. The van der Waals surface area contributed by atoms with E-state index in [0.717, 1.165) is 60.8 Å². The molecule has 2 aromatic carbocycles. The largest absolute Gasteiger partial charge is 0.341 e. The second-order valence-corrected chi connectivity index (χ2v) is 8.36. The molecule has 1 atom stereocenters. The first-order chi connectivity index (χ1) is 15.6. The second kappa shape index (κ2) is 9.84. The van der Waals surface area contributed by atoms with Crippen LogP contribution < -0.4 is 9.80 Å². The average Bonchev–Trinajstić information content (AvgIpc) is 3.09. The standard InChI is InChI=1S/C25H30N6O/c1-19-9-11-21(12-10-19)31(16-5-13-26)24(32)20(2)29-14-6-15-30(18-17-29)25-27-22-7-3-4-8-23(22)28-25/h3-4,7-12,20H,5-6,14-18H2,1-2H3,(H,27,28). The van der Waals surface area contributed by atoms with Crippen molar-refractivity contribution < 1.29 is 4.79 Å². The molecule has 1 aliphatic rings. The number of rotatable bonds is 6. The number of nitrogens with one attached hydrogen (secondary N) is 1. The molecule has 1 N–H and O–H groups in total. The van der Waals surface area contributed by atoms with Gasteiger partial charge in [0.25, 0.3) is 0 Å². The number of fused-ring (bicyclic) bond motifs is 1. The molecule has 3 aromatic rings. The number of hydrogen-bond donors (Lipinski definition) is 1. The van der Waals surface area contributed by atoms with Gasteiger partial charge in [0.05, 0.1) is 29.6 Å². The van der Waals surface area contributed by atoms with Crippen molar-refractivity contribution in [3.8, 4) is 6.07 Å². The zero-order valence-corrected chi connectivity index (χ0v) is 18.8. The minimum atomic E-state index is -0.259. The molecule has 7 nitrogen and oxygen atoms in total. The maximum atomic E-state index is 13.5. The molecule has 0 bridgehead atoms. The van der Waals surface area contributed by atoms with Crippen LogP contribution in [0.25, 0.3) is 11.0 Å². The van der Waals surface area contributed by atoms with Crippen molar-refractivity contribution in [3.05, 3.63) is 54.1 Å². The zero-order valence-electron chi connectivity index (χ0n) is 18.8. The molecule has 4 rings (SSSR count). The quantitative estimate of drug-likeness (QED) is 0.645. The Hall–Kier alpha value is -3.37. The lowest BCUT2D eigenvalue weighted by Gasteiger charge is -2.32. The Labute approximate surface area is 189 Å². The topological polar surface area (TPSA) is 79.3 Å². The molecule has 1 unspecified atom stereocenters. The third-order valence-corrected chi connectivity index (χ3v) is 6.17. The third kappa shape index (κ3) is 4.76. The van der Waals surface area contributed by atoms with Gasteiger partial charge in [-0.3, -0.25) is 9.69 Å². The predicted molar refractivity (Wildman–Crippen MR) is 128 cm³/mol. The number of aromatic amines is 1. The SMILES string of the molecule is Cc1ccc(N(CCC#N)C(=O)C(C)N2CCCN(c3nc4ccccc4[nH]3)CC2)cc1. The second-order valence-electron chi connectivity index (χ2n) is 8.36. The molecule has 1 aromatic heterocycles. The van der Waals surface area contributed by atoms with Gasteiger partial charge < -0.3 is 14.8 Å². The molecular formula is C25H30N6O. The molecule has 1 saturated heterocycles. The summed E-state index contributed by atoms with van der Waals surface area (Å²) in [6.45, 7) is 7.74. The maximum Gasteiger partial charge on any atom is 0.244 e. The molecule has 0 saturated carbocycles. The van der Waals surface area contributed by atoms with Crippen molar-refractivity contribution in [2.75, 3.05) is 42.5 Å². The molecule has 0 aliphatic carbocycles. The minimum Gasteiger partial charge on any atom is -0.341 e. The summed E-state index contributed by atoms with van der Waals surface area (Å²) in [6, 6.07) is 17.9. The van der Waals surface area contributed by atoms with Gasteiger partial charge in [0, 0.05) is 38.4 Å². The summed E-state index contributed by atoms with van der Waals surface area (Å²) < 4.78 is 0. The van der Waals surface area contributed by atoms with Crippen LogP contribution in [-0.2, 0) is 4.79 Å². The van der Waals surface area contributed by atoms with Crippen molar-refractivity contribution in [1.29, 1.82) is 5.26 Å². The Bertz CT molecular complexity index is 1070. The summed E-state index contributed by atoms with van der Waals surface area (Å²) in [5.41, 5.74) is 4.01. The highest BCUT2D eigenvalue weighted by Gasteiger charge is 2.29. The van der Waals surface area contributed by atoms with E-state index in [0.29, 0.717) is 13.0 Å². The Balaban J connectivity index is 1.45. The van der Waals surface area contributed by atoms with E-state index in [2.05, 4.69) is 20.9 Å². The number of carbonyl (C=O) groups excluding carboxylic acids is 1. The highest BCUT2D eigenvalue weighted by molar-refractivity contribution is 5.97. The first-order valence-electron chi connectivity index (χ1n) is 11.3. The van der Waals surface area contributed by atoms with E-state index < -0.39 is 0 Å². The Morgan fingerprint density at radius 2 is 1.94 bits per heavy atom. The highest BCUT2D eigenvalue weighted by atomic mass is 16.2. The molecule has 7 heteroatoms. The number of nitriles is 1. The van der Waals surface area contributed by atoms with Crippen LogP contribution >= 0.6 is 0 Å². The number of H-pyrrole nitrogens is 1. The number of anilines is 2. The van der Waals surface area contributed by atoms with Crippen molar-refractivity contribution in [3.63, 3.8) is 0 Å². The molecule has 1 amide bonds. The smallest absolute Gasteiger partial charge is 0.244 e. The summed E-state index contributed by atoms with van der Waals surface area (Å²) >= 11 is 0. The van der Waals surface area contributed by atoms with E-state index in [1.165, 1.54) is 0 Å². The number of benzene rings is 2. The fourth-order valence-electron chi connectivity index (χ4n) is 4.26. The van der Waals surface area contributed by atoms with E-state index in [1.807, 2.05) is 62.4 Å². The van der Waals surface area contributed by atoms with Crippen LogP contribution in [0.2, 0.25) is 0 Å². The van der Waals surface area contributed by atoms with Crippen LogP contribution in [0.5, 0.6) is 0 Å². The molecule has 166 valence electrons. The Morgan fingerprint density at radius 3 is 2.69 bits per heavy atom. The highest BCUT2D eigenvalue weighted by Crippen LogP contribution is 2.21. The summed E-state index contributed by atoms with van der Waals surface area (Å²) in [4.78, 5) is 27.9. The molecule has 0 radical (unpaired) electrons. The Kier molecular flexibility index (Phi) is 6.72. The maximum absolute atomic E-state index is 13.5. The molecular weight excluding hydrogens is 400 g/mol. The van der Waals surface area contributed by atoms with Crippen LogP contribution in [0.15, 0.2) is 48.5 Å². The summed E-state index contributed by atoms with van der Waals surface area (Å²) in [6.07, 6.45) is 1.27. The van der Waals surface area contributed by atoms with E-state index in [1.54, 1.807) is 4.90 Å². The van der Waals surface area contributed by atoms with Crippen molar-refractivity contribution >= 4 is 28.6 Å². The lowest BCUT2D eigenvalue weighted by Crippen LogP contribution is -2.48. The normalized spacial score (nSPS) is 15.8.